The first kappa shape index (κ1) is 22.5. The Balaban J connectivity index is 1.79. The van der Waals surface area contributed by atoms with E-state index >= 15 is 0 Å². The largest absolute Gasteiger partial charge is 0.488 e. The number of rotatable bonds is 7. The Morgan fingerprint density at radius 1 is 1.09 bits per heavy atom. The molecule has 0 aliphatic carbocycles. The van der Waals surface area contributed by atoms with E-state index in [-0.39, 0.29) is 17.7 Å². The summed E-state index contributed by atoms with van der Waals surface area (Å²) in [6.45, 7) is 0.131. The fourth-order valence-corrected chi connectivity index (χ4v) is 2.88. The Hall–Kier alpha value is -4.15. The van der Waals surface area contributed by atoms with E-state index in [2.05, 4.69) is 5.32 Å². The third-order valence-corrected chi connectivity index (χ3v) is 4.57. The molecule has 1 amide bonds. The van der Waals surface area contributed by atoms with E-state index in [1.165, 1.54) is 42.5 Å². The van der Waals surface area contributed by atoms with Crippen LogP contribution < -0.4 is 10.1 Å². The SMILES string of the molecule is N#C/C(=C\c1cc(Cl)ccc1OCc1ccc(C(=O)O)cc1)C(=O)Nc1ccc(F)cc1. The fraction of sp³-hybridized carbons (Fsp3) is 0.0417. The zero-order valence-corrected chi connectivity index (χ0v) is 17.3. The Kier molecular flexibility index (Phi) is 7.21. The molecule has 0 aromatic heterocycles. The average molecular weight is 451 g/mol. The summed E-state index contributed by atoms with van der Waals surface area (Å²) in [6.07, 6.45) is 1.34. The maximum Gasteiger partial charge on any atom is 0.335 e. The van der Waals surface area contributed by atoms with Crippen molar-refractivity contribution in [1.29, 1.82) is 5.26 Å². The molecule has 0 heterocycles. The minimum absolute atomic E-state index is 0.131. The van der Waals surface area contributed by atoms with Crippen molar-refractivity contribution < 1.29 is 23.8 Å². The van der Waals surface area contributed by atoms with Crippen molar-refractivity contribution in [1.82, 2.24) is 0 Å². The molecule has 32 heavy (non-hydrogen) atoms. The van der Waals surface area contributed by atoms with E-state index in [0.29, 0.717) is 22.0 Å². The molecule has 3 aromatic rings. The summed E-state index contributed by atoms with van der Waals surface area (Å²) >= 11 is 6.07. The van der Waals surface area contributed by atoms with Crippen molar-refractivity contribution in [2.45, 2.75) is 6.61 Å². The number of benzene rings is 3. The molecule has 0 radical (unpaired) electrons. The highest BCUT2D eigenvalue weighted by Gasteiger charge is 2.12. The number of anilines is 1. The first-order chi connectivity index (χ1) is 15.4. The van der Waals surface area contributed by atoms with E-state index in [1.807, 2.05) is 6.07 Å². The summed E-state index contributed by atoms with van der Waals surface area (Å²) in [6, 6.07) is 17.9. The second-order valence-electron chi connectivity index (χ2n) is 6.60. The van der Waals surface area contributed by atoms with Crippen molar-refractivity contribution in [2.24, 2.45) is 0 Å². The summed E-state index contributed by atoms with van der Waals surface area (Å²) in [7, 11) is 0. The van der Waals surface area contributed by atoms with Gasteiger partial charge in [0.05, 0.1) is 5.56 Å². The molecule has 6 nitrogen and oxygen atoms in total. The number of carbonyl (C=O) groups is 2. The molecule has 8 heteroatoms. The second kappa shape index (κ2) is 10.2. The number of nitrogens with zero attached hydrogens (tertiary/aromatic N) is 1. The highest BCUT2D eigenvalue weighted by molar-refractivity contribution is 6.30. The summed E-state index contributed by atoms with van der Waals surface area (Å²) in [5.41, 5.74) is 1.44. The van der Waals surface area contributed by atoms with Gasteiger partial charge < -0.3 is 15.2 Å². The topological polar surface area (TPSA) is 99.4 Å². The highest BCUT2D eigenvalue weighted by atomic mass is 35.5. The third-order valence-electron chi connectivity index (χ3n) is 4.33. The summed E-state index contributed by atoms with van der Waals surface area (Å²) in [5, 5.41) is 21.3. The van der Waals surface area contributed by atoms with E-state index in [0.717, 1.165) is 5.56 Å². The maximum absolute atomic E-state index is 13.0. The van der Waals surface area contributed by atoms with Crippen molar-refractivity contribution >= 4 is 35.2 Å². The Bertz CT molecular complexity index is 1220. The lowest BCUT2D eigenvalue weighted by Gasteiger charge is -2.11. The van der Waals surface area contributed by atoms with Crippen LogP contribution in [0.3, 0.4) is 0 Å². The standard InChI is InChI=1S/C24H16ClFN2O4/c25-19-5-10-22(32-14-15-1-3-16(4-2-15)24(30)31)17(12-19)11-18(13-27)23(29)28-21-8-6-20(26)7-9-21/h1-12H,14H2,(H,28,29)(H,30,31)/b18-11+. The molecular formula is C24H16ClFN2O4. The quantitative estimate of drug-likeness (QED) is 0.375. The Labute approximate surface area is 188 Å². The second-order valence-corrected chi connectivity index (χ2v) is 7.04. The van der Waals surface area contributed by atoms with Crippen LogP contribution in [0.1, 0.15) is 21.5 Å². The van der Waals surface area contributed by atoms with Gasteiger partial charge in [-0.1, -0.05) is 23.7 Å². The number of ether oxygens (including phenoxy) is 1. The van der Waals surface area contributed by atoms with Crippen LogP contribution in [-0.2, 0) is 11.4 Å². The molecule has 0 bridgehead atoms. The number of carboxylic acids is 1. The van der Waals surface area contributed by atoms with Crippen LogP contribution in [0.4, 0.5) is 10.1 Å². The normalized spacial score (nSPS) is 10.8. The molecule has 0 aliphatic heterocycles. The minimum atomic E-state index is -1.02. The van der Waals surface area contributed by atoms with Gasteiger partial charge in [-0.3, -0.25) is 4.79 Å². The highest BCUT2D eigenvalue weighted by Crippen LogP contribution is 2.26. The average Bonchev–Trinajstić information content (AvgIpc) is 2.78. The van der Waals surface area contributed by atoms with Crippen LogP contribution >= 0.6 is 11.6 Å². The van der Waals surface area contributed by atoms with E-state index < -0.39 is 17.7 Å². The lowest BCUT2D eigenvalue weighted by atomic mass is 10.1. The lowest BCUT2D eigenvalue weighted by Crippen LogP contribution is -2.13. The molecule has 0 unspecified atom stereocenters. The lowest BCUT2D eigenvalue weighted by molar-refractivity contribution is -0.112. The zero-order chi connectivity index (χ0) is 23.1. The number of halogens is 2. The number of aromatic carboxylic acids is 1. The van der Waals surface area contributed by atoms with Gasteiger partial charge in [0.15, 0.2) is 0 Å². The molecule has 0 spiro atoms. The predicted octanol–water partition coefficient (Wildman–Crippen LogP) is 5.30. The molecule has 3 aromatic carbocycles. The third kappa shape index (κ3) is 5.94. The molecular weight excluding hydrogens is 435 g/mol. The van der Waals surface area contributed by atoms with E-state index in [9.17, 15) is 19.2 Å². The van der Waals surface area contributed by atoms with Gasteiger partial charge in [0.2, 0.25) is 0 Å². The Morgan fingerprint density at radius 3 is 2.41 bits per heavy atom. The molecule has 160 valence electrons. The van der Waals surface area contributed by atoms with Gasteiger partial charge in [0.25, 0.3) is 5.91 Å². The maximum atomic E-state index is 13.0. The molecule has 0 fully saturated rings. The fourth-order valence-electron chi connectivity index (χ4n) is 2.70. The van der Waals surface area contributed by atoms with Crippen LogP contribution in [0.25, 0.3) is 6.08 Å². The number of nitrogens with one attached hydrogen (secondary N) is 1. The van der Waals surface area contributed by atoms with Gasteiger partial charge in [0, 0.05) is 16.3 Å². The molecule has 3 rings (SSSR count). The van der Waals surface area contributed by atoms with Crippen molar-refractivity contribution in [3.05, 3.63) is 99.8 Å². The molecule has 0 saturated carbocycles. The van der Waals surface area contributed by atoms with Gasteiger partial charge >= 0.3 is 5.97 Å². The van der Waals surface area contributed by atoms with Crippen LogP contribution in [0.2, 0.25) is 5.02 Å². The summed E-state index contributed by atoms with van der Waals surface area (Å²) in [4.78, 5) is 23.4. The van der Waals surface area contributed by atoms with E-state index in [1.54, 1.807) is 30.3 Å². The van der Waals surface area contributed by atoms with Crippen molar-refractivity contribution in [3.8, 4) is 11.8 Å². The van der Waals surface area contributed by atoms with Crippen molar-refractivity contribution in [3.63, 3.8) is 0 Å². The van der Waals surface area contributed by atoms with E-state index in [4.69, 9.17) is 21.4 Å². The number of hydrogen-bond donors (Lipinski definition) is 2. The van der Waals surface area contributed by atoms with Crippen LogP contribution in [0, 0.1) is 17.1 Å². The smallest absolute Gasteiger partial charge is 0.335 e. The number of amides is 1. The van der Waals surface area contributed by atoms with Gasteiger partial charge in [0.1, 0.15) is 29.8 Å². The number of carboxylic acid groups (broad SMARTS) is 1. The molecule has 0 aliphatic rings. The zero-order valence-electron chi connectivity index (χ0n) is 16.5. The number of carbonyl (C=O) groups excluding carboxylic acids is 1. The minimum Gasteiger partial charge on any atom is -0.488 e. The van der Waals surface area contributed by atoms with Gasteiger partial charge in [-0.2, -0.15) is 5.26 Å². The van der Waals surface area contributed by atoms with Crippen LogP contribution in [0.5, 0.6) is 5.75 Å². The van der Waals surface area contributed by atoms with Crippen LogP contribution in [-0.4, -0.2) is 17.0 Å². The van der Waals surface area contributed by atoms with Gasteiger partial charge in [-0.25, -0.2) is 9.18 Å². The first-order valence-electron chi connectivity index (χ1n) is 9.29. The van der Waals surface area contributed by atoms with Gasteiger partial charge in [-0.15, -0.1) is 0 Å². The van der Waals surface area contributed by atoms with Crippen LogP contribution in [0.15, 0.2) is 72.3 Å². The molecule has 2 N–H and O–H groups in total. The predicted molar refractivity (Wildman–Crippen MR) is 118 cm³/mol. The van der Waals surface area contributed by atoms with Crippen molar-refractivity contribution in [2.75, 3.05) is 5.32 Å². The first-order valence-corrected chi connectivity index (χ1v) is 9.67. The summed E-state index contributed by atoms with van der Waals surface area (Å²) in [5.74, 6) is -1.77. The molecule has 0 atom stereocenters. The van der Waals surface area contributed by atoms with Gasteiger partial charge in [-0.05, 0) is 66.2 Å². The molecule has 0 saturated heterocycles. The summed E-state index contributed by atoms with van der Waals surface area (Å²) < 4.78 is 18.8. The number of nitriles is 1. The number of hydrogen-bond acceptors (Lipinski definition) is 4. The Morgan fingerprint density at radius 2 is 1.78 bits per heavy atom. The monoisotopic (exact) mass is 450 g/mol.